The molecular formula is C12H14N2. The largest absolute Gasteiger partial charge is 0.327 e. The van der Waals surface area contributed by atoms with E-state index in [1.807, 2.05) is 24.3 Å². The van der Waals surface area contributed by atoms with E-state index >= 15 is 0 Å². The summed E-state index contributed by atoms with van der Waals surface area (Å²) in [6, 6.07) is 10.3. The zero-order chi connectivity index (χ0) is 9.97. The lowest BCUT2D eigenvalue weighted by Crippen LogP contribution is -2.22. The van der Waals surface area contributed by atoms with Crippen LogP contribution in [0.3, 0.4) is 0 Å². The Morgan fingerprint density at radius 2 is 1.93 bits per heavy atom. The topological polar surface area (TPSA) is 49.8 Å². The molecule has 2 unspecified atom stereocenters. The molecule has 14 heavy (non-hydrogen) atoms. The number of hydrogen-bond donors (Lipinski definition) is 1. The molecule has 1 aromatic rings. The van der Waals surface area contributed by atoms with Gasteiger partial charge in [-0.1, -0.05) is 18.6 Å². The van der Waals surface area contributed by atoms with Gasteiger partial charge in [0.15, 0.2) is 0 Å². The van der Waals surface area contributed by atoms with Crippen LogP contribution >= 0.6 is 0 Å². The SMILES string of the molecule is N#Cc1ccc(C2CCCC2N)cc1. The molecule has 2 rings (SSSR count). The van der Waals surface area contributed by atoms with Crippen molar-refractivity contribution in [2.24, 2.45) is 5.73 Å². The molecule has 0 bridgehead atoms. The Morgan fingerprint density at radius 3 is 2.43 bits per heavy atom. The molecule has 72 valence electrons. The number of nitriles is 1. The van der Waals surface area contributed by atoms with Gasteiger partial charge in [0.1, 0.15) is 0 Å². The highest BCUT2D eigenvalue weighted by Gasteiger charge is 2.24. The van der Waals surface area contributed by atoms with Gasteiger partial charge in [-0.05, 0) is 36.5 Å². The summed E-state index contributed by atoms with van der Waals surface area (Å²) < 4.78 is 0. The molecule has 0 aliphatic heterocycles. The Bertz CT molecular complexity index is 348. The van der Waals surface area contributed by atoms with Gasteiger partial charge < -0.3 is 5.73 Å². The van der Waals surface area contributed by atoms with Crippen molar-refractivity contribution in [2.45, 2.75) is 31.2 Å². The molecule has 1 aliphatic carbocycles. The van der Waals surface area contributed by atoms with E-state index in [1.54, 1.807) is 0 Å². The second-order valence-electron chi connectivity index (χ2n) is 3.94. The van der Waals surface area contributed by atoms with Crippen molar-refractivity contribution in [3.05, 3.63) is 35.4 Å². The maximum Gasteiger partial charge on any atom is 0.0991 e. The van der Waals surface area contributed by atoms with Gasteiger partial charge in [-0.15, -0.1) is 0 Å². The van der Waals surface area contributed by atoms with E-state index in [0.29, 0.717) is 12.0 Å². The molecule has 0 spiro atoms. The molecule has 2 atom stereocenters. The molecule has 2 heteroatoms. The van der Waals surface area contributed by atoms with Crippen molar-refractivity contribution < 1.29 is 0 Å². The molecule has 2 N–H and O–H groups in total. The second kappa shape index (κ2) is 3.81. The van der Waals surface area contributed by atoms with Gasteiger partial charge in [0.25, 0.3) is 0 Å². The maximum atomic E-state index is 8.67. The highest BCUT2D eigenvalue weighted by molar-refractivity contribution is 5.33. The Kier molecular flexibility index (Phi) is 2.51. The summed E-state index contributed by atoms with van der Waals surface area (Å²) in [7, 11) is 0. The molecule has 1 saturated carbocycles. The van der Waals surface area contributed by atoms with Crippen molar-refractivity contribution >= 4 is 0 Å². The zero-order valence-corrected chi connectivity index (χ0v) is 8.11. The van der Waals surface area contributed by atoms with Crippen molar-refractivity contribution in [3.8, 4) is 6.07 Å². The fraction of sp³-hybridized carbons (Fsp3) is 0.417. The van der Waals surface area contributed by atoms with Gasteiger partial charge in [0.2, 0.25) is 0 Å². The minimum Gasteiger partial charge on any atom is -0.327 e. The monoisotopic (exact) mass is 186 g/mol. The third-order valence-electron chi connectivity index (χ3n) is 3.04. The lowest BCUT2D eigenvalue weighted by Gasteiger charge is -2.15. The third kappa shape index (κ3) is 1.64. The van der Waals surface area contributed by atoms with Crippen LogP contribution in [0, 0.1) is 11.3 Å². The van der Waals surface area contributed by atoms with E-state index in [2.05, 4.69) is 6.07 Å². The Morgan fingerprint density at radius 1 is 1.21 bits per heavy atom. The second-order valence-corrected chi connectivity index (χ2v) is 3.94. The standard InChI is InChI=1S/C12H14N2/c13-8-9-4-6-10(7-5-9)11-2-1-3-12(11)14/h4-7,11-12H,1-3,14H2. The predicted octanol–water partition coefficient (Wildman–Crippen LogP) is 2.15. The van der Waals surface area contributed by atoms with E-state index in [-0.39, 0.29) is 0 Å². The summed E-state index contributed by atoms with van der Waals surface area (Å²) >= 11 is 0. The minimum atomic E-state index is 0.308. The minimum absolute atomic E-state index is 0.308. The Balaban J connectivity index is 2.21. The Hall–Kier alpha value is -1.33. The van der Waals surface area contributed by atoms with E-state index in [1.165, 1.54) is 18.4 Å². The molecule has 0 saturated heterocycles. The zero-order valence-electron chi connectivity index (χ0n) is 8.11. The fourth-order valence-corrected chi connectivity index (χ4v) is 2.21. The highest BCUT2D eigenvalue weighted by Crippen LogP contribution is 2.33. The van der Waals surface area contributed by atoms with E-state index in [0.717, 1.165) is 12.0 Å². The summed E-state index contributed by atoms with van der Waals surface area (Å²) in [5.74, 6) is 0.503. The van der Waals surface area contributed by atoms with Crippen LogP contribution in [0.2, 0.25) is 0 Å². The van der Waals surface area contributed by atoms with Crippen molar-refractivity contribution in [1.29, 1.82) is 5.26 Å². The van der Waals surface area contributed by atoms with Crippen LogP contribution in [-0.4, -0.2) is 6.04 Å². The molecule has 1 fully saturated rings. The summed E-state index contributed by atoms with van der Waals surface area (Å²) in [5, 5.41) is 8.67. The third-order valence-corrected chi connectivity index (χ3v) is 3.04. The van der Waals surface area contributed by atoms with Crippen LogP contribution in [0.5, 0.6) is 0 Å². The van der Waals surface area contributed by atoms with E-state index in [4.69, 9.17) is 11.0 Å². The summed E-state index contributed by atoms with van der Waals surface area (Å²) in [4.78, 5) is 0. The van der Waals surface area contributed by atoms with Gasteiger partial charge in [-0.2, -0.15) is 5.26 Å². The fourth-order valence-electron chi connectivity index (χ4n) is 2.21. The average molecular weight is 186 g/mol. The lowest BCUT2D eigenvalue weighted by molar-refractivity contribution is 0.613. The quantitative estimate of drug-likeness (QED) is 0.730. The van der Waals surface area contributed by atoms with Gasteiger partial charge in [0.05, 0.1) is 11.6 Å². The number of benzene rings is 1. The van der Waals surface area contributed by atoms with Crippen molar-refractivity contribution in [2.75, 3.05) is 0 Å². The molecular weight excluding hydrogens is 172 g/mol. The average Bonchev–Trinajstić information content (AvgIpc) is 2.65. The van der Waals surface area contributed by atoms with E-state index < -0.39 is 0 Å². The molecule has 1 aliphatic rings. The highest BCUT2D eigenvalue weighted by atomic mass is 14.7. The predicted molar refractivity (Wildman–Crippen MR) is 55.7 cm³/mol. The van der Waals surface area contributed by atoms with Crippen molar-refractivity contribution in [1.82, 2.24) is 0 Å². The van der Waals surface area contributed by atoms with Gasteiger partial charge in [-0.3, -0.25) is 0 Å². The van der Waals surface area contributed by atoms with Crippen LogP contribution in [0.4, 0.5) is 0 Å². The van der Waals surface area contributed by atoms with Crippen LogP contribution in [0.25, 0.3) is 0 Å². The molecule has 2 nitrogen and oxygen atoms in total. The number of nitrogens with zero attached hydrogens (tertiary/aromatic N) is 1. The van der Waals surface area contributed by atoms with Gasteiger partial charge >= 0.3 is 0 Å². The first-order valence-corrected chi connectivity index (χ1v) is 5.07. The normalized spacial score (nSPS) is 26.0. The van der Waals surface area contributed by atoms with Crippen LogP contribution in [-0.2, 0) is 0 Å². The van der Waals surface area contributed by atoms with Gasteiger partial charge in [0, 0.05) is 6.04 Å². The summed E-state index contributed by atoms with van der Waals surface area (Å²) in [5.41, 5.74) is 8.03. The first-order valence-electron chi connectivity index (χ1n) is 5.07. The number of hydrogen-bond acceptors (Lipinski definition) is 2. The van der Waals surface area contributed by atoms with Crippen LogP contribution in [0.1, 0.15) is 36.3 Å². The number of rotatable bonds is 1. The van der Waals surface area contributed by atoms with Crippen LogP contribution in [0.15, 0.2) is 24.3 Å². The molecule has 0 aromatic heterocycles. The van der Waals surface area contributed by atoms with Gasteiger partial charge in [-0.25, -0.2) is 0 Å². The maximum absolute atomic E-state index is 8.67. The number of nitrogens with two attached hydrogens (primary N) is 1. The molecule has 0 radical (unpaired) electrons. The smallest absolute Gasteiger partial charge is 0.0991 e. The molecule has 1 aromatic carbocycles. The van der Waals surface area contributed by atoms with Crippen molar-refractivity contribution in [3.63, 3.8) is 0 Å². The lowest BCUT2D eigenvalue weighted by atomic mass is 9.94. The summed E-state index contributed by atoms with van der Waals surface area (Å²) in [6.45, 7) is 0. The van der Waals surface area contributed by atoms with E-state index in [9.17, 15) is 0 Å². The molecule has 0 heterocycles. The van der Waals surface area contributed by atoms with Crippen LogP contribution < -0.4 is 5.73 Å². The molecule has 0 amide bonds. The first kappa shape index (κ1) is 9.23. The summed E-state index contributed by atoms with van der Waals surface area (Å²) in [6.07, 6.45) is 3.55. The Labute approximate surface area is 84.3 Å². The first-order chi connectivity index (χ1) is 6.81.